The molecule has 3 heteroatoms. The fraction of sp³-hybridized carbons (Fsp3) is 0.741. The first-order valence-corrected chi connectivity index (χ1v) is 12.6. The van der Waals surface area contributed by atoms with Crippen LogP contribution in [0.1, 0.15) is 127 Å². The Hall–Kier alpha value is -1.51. The molecule has 30 heavy (non-hydrogen) atoms. The number of esters is 1. The molecule has 0 radical (unpaired) electrons. The van der Waals surface area contributed by atoms with Gasteiger partial charge in [-0.25, -0.2) is 4.79 Å². The van der Waals surface area contributed by atoms with E-state index in [0.29, 0.717) is 18.1 Å². The van der Waals surface area contributed by atoms with Crippen molar-refractivity contribution in [3.05, 3.63) is 29.8 Å². The SMILES string of the molecule is CCCCCCCCCCC(CCCCCCCC)COC(=O)c1ccc(O)cc1. The number of hydrogen-bond donors (Lipinski definition) is 1. The van der Waals surface area contributed by atoms with Gasteiger partial charge in [-0.1, -0.05) is 104 Å². The van der Waals surface area contributed by atoms with Gasteiger partial charge in [-0.2, -0.15) is 0 Å². The normalized spacial score (nSPS) is 12.1. The highest BCUT2D eigenvalue weighted by Crippen LogP contribution is 2.21. The molecular formula is C27H46O3. The number of benzene rings is 1. The molecule has 172 valence electrons. The first-order valence-electron chi connectivity index (χ1n) is 12.6. The van der Waals surface area contributed by atoms with Crippen LogP contribution in [0.4, 0.5) is 0 Å². The van der Waals surface area contributed by atoms with Crippen LogP contribution in [0.2, 0.25) is 0 Å². The van der Waals surface area contributed by atoms with E-state index in [0.717, 1.165) is 12.8 Å². The predicted molar refractivity (Wildman–Crippen MR) is 127 cm³/mol. The molecule has 0 aliphatic rings. The van der Waals surface area contributed by atoms with Crippen molar-refractivity contribution in [1.82, 2.24) is 0 Å². The lowest BCUT2D eigenvalue weighted by Gasteiger charge is -2.17. The summed E-state index contributed by atoms with van der Waals surface area (Å²) in [6.07, 6.45) is 20.8. The number of rotatable bonds is 19. The Kier molecular flexibility index (Phi) is 16.2. The summed E-state index contributed by atoms with van der Waals surface area (Å²) in [4.78, 5) is 12.3. The standard InChI is InChI=1S/C27H46O3/c1-3-5-7-9-11-12-14-16-18-24(17-15-13-10-8-6-4-2)23-30-27(29)25-19-21-26(28)22-20-25/h19-22,24,28H,3-18,23H2,1-2H3. The van der Waals surface area contributed by atoms with Crippen LogP contribution >= 0.6 is 0 Å². The van der Waals surface area contributed by atoms with E-state index in [1.54, 1.807) is 12.1 Å². The predicted octanol–water partition coefficient (Wildman–Crippen LogP) is 8.45. The van der Waals surface area contributed by atoms with Crippen molar-refractivity contribution in [2.75, 3.05) is 6.61 Å². The maximum Gasteiger partial charge on any atom is 0.338 e. The molecule has 0 amide bonds. The van der Waals surface area contributed by atoms with E-state index < -0.39 is 0 Å². The molecule has 0 aromatic heterocycles. The molecular weight excluding hydrogens is 372 g/mol. The minimum Gasteiger partial charge on any atom is -0.508 e. The van der Waals surface area contributed by atoms with Gasteiger partial charge in [-0.15, -0.1) is 0 Å². The third-order valence-electron chi connectivity index (χ3n) is 5.98. The Morgan fingerprint density at radius 2 is 1.17 bits per heavy atom. The first kappa shape index (κ1) is 26.5. The van der Waals surface area contributed by atoms with Gasteiger partial charge in [0.1, 0.15) is 5.75 Å². The third-order valence-corrected chi connectivity index (χ3v) is 5.98. The lowest BCUT2D eigenvalue weighted by molar-refractivity contribution is 0.0422. The number of phenolic OH excluding ortho intramolecular Hbond substituents is 1. The van der Waals surface area contributed by atoms with Crippen molar-refractivity contribution in [2.45, 2.75) is 117 Å². The van der Waals surface area contributed by atoms with E-state index in [4.69, 9.17) is 4.74 Å². The topological polar surface area (TPSA) is 46.5 Å². The zero-order valence-electron chi connectivity index (χ0n) is 19.7. The van der Waals surface area contributed by atoms with Crippen LogP contribution in [-0.4, -0.2) is 17.7 Å². The van der Waals surface area contributed by atoms with E-state index in [2.05, 4.69) is 13.8 Å². The third kappa shape index (κ3) is 13.7. The van der Waals surface area contributed by atoms with Crippen LogP contribution < -0.4 is 0 Å². The van der Waals surface area contributed by atoms with Crippen LogP contribution in [0.5, 0.6) is 5.75 Å². The summed E-state index contributed by atoms with van der Waals surface area (Å²) in [7, 11) is 0. The monoisotopic (exact) mass is 418 g/mol. The van der Waals surface area contributed by atoms with Gasteiger partial charge < -0.3 is 9.84 Å². The van der Waals surface area contributed by atoms with E-state index in [1.807, 2.05) is 0 Å². The fourth-order valence-electron chi connectivity index (χ4n) is 3.97. The number of unbranched alkanes of at least 4 members (excludes halogenated alkanes) is 12. The summed E-state index contributed by atoms with van der Waals surface area (Å²) in [5, 5.41) is 9.38. The van der Waals surface area contributed by atoms with Gasteiger partial charge in [0.25, 0.3) is 0 Å². The molecule has 1 aromatic rings. The Labute approximate surface area is 185 Å². The summed E-state index contributed by atoms with van der Waals surface area (Å²) in [6, 6.07) is 6.31. The summed E-state index contributed by atoms with van der Waals surface area (Å²) >= 11 is 0. The Bertz CT molecular complexity index is 523. The van der Waals surface area contributed by atoms with E-state index in [1.165, 1.54) is 102 Å². The molecule has 0 heterocycles. The Morgan fingerprint density at radius 1 is 0.733 bits per heavy atom. The van der Waals surface area contributed by atoms with Crippen LogP contribution in [0, 0.1) is 5.92 Å². The van der Waals surface area contributed by atoms with Crippen LogP contribution in [0.3, 0.4) is 0 Å². The van der Waals surface area contributed by atoms with Crippen molar-refractivity contribution < 1.29 is 14.6 Å². The average molecular weight is 419 g/mol. The molecule has 1 unspecified atom stereocenters. The number of ether oxygens (including phenoxy) is 1. The zero-order chi connectivity index (χ0) is 21.9. The van der Waals surface area contributed by atoms with Crippen molar-refractivity contribution in [3.8, 4) is 5.75 Å². The Morgan fingerprint density at radius 3 is 1.63 bits per heavy atom. The molecule has 3 nitrogen and oxygen atoms in total. The van der Waals surface area contributed by atoms with Crippen LogP contribution in [-0.2, 0) is 4.74 Å². The number of aromatic hydroxyl groups is 1. The van der Waals surface area contributed by atoms with Crippen LogP contribution in [0.15, 0.2) is 24.3 Å². The average Bonchev–Trinajstić information content (AvgIpc) is 2.75. The summed E-state index contributed by atoms with van der Waals surface area (Å²) < 4.78 is 5.63. The molecule has 0 spiro atoms. The quantitative estimate of drug-likeness (QED) is 0.181. The van der Waals surface area contributed by atoms with E-state index in [-0.39, 0.29) is 11.7 Å². The van der Waals surface area contributed by atoms with Gasteiger partial charge in [0.15, 0.2) is 0 Å². The van der Waals surface area contributed by atoms with E-state index >= 15 is 0 Å². The highest BCUT2D eigenvalue weighted by Gasteiger charge is 2.13. The lowest BCUT2D eigenvalue weighted by Crippen LogP contribution is -2.15. The Balaban J connectivity index is 2.31. The van der Waals surface area contributed by atoms with Gasteiger partial charge in [-0.05, 0) is 43.0 Å². The van der Waals surface area contributed by atoms with Crippen molar-refractivity contribution in [1.29, 1.82) is 0 Å². The van der Waals surface area contributed by atoms with E-state index in [9.17, 15) is 9.90 Å². The molecule has 0 fully saturated rings. The van der Waals surface area contributed by atoms with Crippen molar-refractivity contribution >= 4 is 5.97 Å². The van der Waals surface area contributed by atoms with Crippen molar-refractivity contribution in [3.63, 3.8) is 0 Å². The molecule has 1 atom stereocenters. The molecule has 1 rings (SSSR count). The van der Waals surface area contributed by atoms with Gasteiger partial charge >= 0.3 is 5.97 Å². The zero-order valence-corrected chi connectivity index (χ0v) is 19.7. The number of carbonyl (C=O) groups excluding carboxylic acids is 1. The summed E-state index contributed by atoms with van der Waals surface area (Å²) in [5.74, 6) is 0.360. The molecule has 1 N–H and O–H groups in total. The van der Waals surface area contributed by atoms with Crippen LogP contribution in [0.25, 0.3) is 0 Å². The number of phenols is 1. The summed E-state index contributed by atoms with van der Waals surface area (Å²) in [5.41, 5.74) is 0.512. The van der Waals surface area contributed by atoms with Gasteiger partial charge in [0, 0.05) is 0 Å². The first-order chi connectivity index (χ1) is 14.7. The number of carbonyl (C=O) groups is 1. The molecule has 0 bridgehead atoms. The second-order valence-corrected chi connectivity index (χ2v) is 8.83. The smallest absolute Gasteiger partial charge is 0.338 e. The number of hydrogen-bond acceptors (Lipinski definition) is 3. The second kappa shape index (κ2) is 18.3. The lowest BCUT2D eigenvalue weighted by atomic mass is 9.94. The van der Waals surface area contributed by atoms with Gasteiger partial charge in [0.05, 0.1) is 12.2 Å². The summed E-state index contributed by atoms with van der Waals surface area (Å²) in [6.45, 7) is 5.03. The molecule has 0 saturated heterocycles. The maximum absolute atomic E-state index is 12.3. The fourth-order valence-corrected chi connectivity index (χ4v) is 3.97. The van der Waals surface area contributed by atoms with Gasteiger partial charge in [0.2, 0.25) is 0 Å². The molecule has 0 aliphatic heterocycles. The minimum atomic E-state index is -0.279. The largest absolute Gasteiger partial charge is 0.508 e. The second-order valence-electron chi connectivity index (χ2n) is 8.83. The highest BCUT2D eigenvalue weighted by atomic mass is 16.5. The molecule has 1 aromatic carbocycles. The molecule has 0 aliphatic carbocycles. The highest BCUT2D eigenvalue weighted by molar-refractivity contribution is 5.89. The van der Waals surface area contributed by atoms with Gasteiger partial charge in [-0.3, -0.25) is 0 Å². The maximum atomic E-state index is 12.3. The molecule has 0 saturated carbocycles. The minimum absolute atomic E-state index is 0.169. The van der Waals surface area contributed by atoms with Crippen molar-refractivity contribution in [2.24, 2.45) is 5.92 Å².